The molecule has 1 unspecified atom stereocenters. The van der Waals surface area contributed by atoms with Crippen molar-refractivity contribution in [1.82, 2.24) is 0 Å². The van der Waals surface area contributed by atoms with E-state index in [-0.39, 0.29) is 31.3 Å². The Morgan fingerprint density at radius 3 is 2.86 bits per heavy atom. The summed E-state index contributed by atoms with van der Waals surface area (Å²) in [6.07, 6.45) is 0.485. The van der Waals surface area contributed by atoms with Gasteiger partial charge in [-0.25, -0.2) is 4.39 Å². The molecule has 1 atom stereocenters. The predicted molar refractivity (Wildman–Crippen MR) is 72.9 cm³/mol. The maximum atomic E-state index is 13.1. The summed E-state index contributed by atoms with van der Waals surface area (Å²) in [5, 5.41) is 20.5. The fourth-order valence-corrected chi connectivity index (χ4v) is 1.68. The quantitative estimate of drug-likeness (QED) is 0.593. The van der Waals surface area contributed by atoms with Crippen molar-refractivity contribution in [3.63, 3.8) is 0 Å². The Morgan fingerprint density at radius 2 is 2.18 bits per heavy atom. The minimum absolute atomic E-state index is 0.0518. The molecule has 22 heavy (non-hydrogen) atoms. The highest BCUT2D eigenvalue weighted by Crippen LogP contribution is 2.27. The molecule has 1 aromatic heterocycles. The van der Waals surface area contributed by atoms with Crippen LogP contribution in [0.2, 0.25) is 0 Å². The molecule has 1 aromatic carbocycles. The van der Waals surface area contributed by atoms with Crippen LogP contribution in [0.3, 0.4) is 0 Å². The average molecular weight is 311 g/mol. The highest BCUT2D eigenvalue weighted by molar-refractivity contribution is 5.46. The van der Waals surface area contributed by atoms with Crippen LogP contribution in [0, 0.1) is 15.9 Å². The lowest BCUT2D eigenvalue weighted by Crippen LogP contribution is -2.23. The van der Waals surface area contributed by atoms with Gasteiger partial charge in [-0.05, 0) is 18.2 Å². The van der Waals surface area contributed by atoms with Crippen molar-refractivity contribution < 1.29 is 28.3 Å². The zero-order chi connectivity index (χ0) is 15.9. The number of aliphatic hydroxyl groups is 1. The van der Waals surface area contributed by atoms with Gasteiger partial charge in [0, 0.05) is 12.1 Å². The molecule has 0 amide bonds. The van der Waals surface area contributed by atoms with Crippen LogP contribution >= 0.6 is 0 Å². The van der Waals surface area contributed by atoms with Crippen molar-refractivity contribution in [2.24, 2.45) is 0 Å². The monoisotopic (exact) mass is 311 g/mol. The first kappa shape index (κ1) is 15.9. The largest absolute Gasteiger partial charge is 0.484 e. The minimum atomic E-state index is -1.02. The molecule has 0 bridgehead atoms. The lowest BCUT2D eigenvalue weighted by Gasteiger charge is -2.12. The van der Waals surface area contributed by atoms with Gasteiger partial charge in [0.25, 0.3) is 0 Å². The summed E-state index contributed by atoms with van der Waals surface area (Å²) in [6.45, 7) is -0.129. The molecule has 0 aliphatic rings. The number of nitro benzene ring substituents is 1. The Bertz CT molecular complexity index is 616. The van der Waals surface area contributed by atoms with Crippen LogP contribution in [0.4, 0.5) is 10.1 Å². The molecule has 0 saturated heterocycles. The lowest BCUT2D eigenvalue weighted by molar-refractivity contribution is -0.386. The molecule has 0 spiro atoms. The minimum Gasteiger partial charge on any atom is -0.484 e. The summed E-state index contributed by atoms with van der Waals surface area (Å²) in [5.74, 6) is -0.298. The lowest BCUT2D eigenvalue weighted by atomic mass is 10.3. The SMILES string of the molecule is O=[N+]([O-])c1ccc(F)cc1OCC(O)COCc1ccco1. The highest BCUT2D eigenvalue weighted by Gasteiger charge is 2.17. The topological polar surface area (TPSA) is 95.0 Å². The highest BCUT2D eigenvalue weighted by atomic mass is 19.1. The first-order valence-corrected chi connectivity index (χ1v) is 6.41. The van der Waals surface area contributed by atoms with E-state index in [2.05, 4.69) is 0 Å². The second-order valence-corrected chi connectivity index (χ2v) is 4.43. The molecule has 0 aliphatic carbocycles. The predicted octanol–water partition coefficient (Wildman–Crippen LogP) is 2.28. The number of nitrogens with zero attached hydrogens (tertiary/aromatic N) is 1. The van der Waals surface area contributed by atoms with E-state index in [9.17, 15) is 19.6 Å². The third-order valence-corrected chi connectivity index (χ3v) is 2.68. The molecule has 2 rings (SSSR count). The van der Waals surface area contributed by atoms with Gasteiger partial charge in [-0.15, -0.1) is 0 Å². The van der Waals surface area contributed by atoms with Crippen LogP contribution < -0.4 is 4.74 Å². The number of hydrogen-bond donors (Lipinski definition) is 1. The van der Waals surface area contributed by atoms with Crippen LogP contribution in [0.25, 0.3) is 0 Å². The number of furan rings is 1. The summed E-state index contributed by atoms with van der Waals surface area (Å²) < 4.78 is 28.4. The molecule has 1 heterocycles. The van der Waals surface area contributed by atoms with Gasteiger partial charge >= 0.3 is 5.69 Å². The number of hydrogen-bond acceptors (Lipinski definition) is 6. The summed E-state index contributed by atoms with van der Waals surface area (Å²) in [7, 11) is 0. The van der Waals surface area contributed by atoms with Crippen molar-refractivity contribution >= 4 is 5.69 Å². The van der Waals surface area contributed by atoms with Crippen molar-refractivity contribution in [1.29, 1.82) is 0 Å². The molecule has 1 N–H and O–H groups in total. The van der Waals surface area contributed by atoms with Gasteiger partial charge in [0.05, 0.1) is 17.8 Å². The van der Waals surface area contributed by atoms with E-state index in [1.54, 1.807) is 12.1 Å². The number of aliphatic hydroxyl groups excluding tert-OH is 1. The van der Waals surface area contributed by atoms with Crippen LogP contribution in [0.15, 0.2) is 41.0 Å². The zero-order valence-corrected chi connectivity index (χ0v) is 11.5. The van der Waals surface area contributed by atoms with E-state index in [4.69, 9.17) is 13.9 Å². The summed E-state index contributed by atoms with van der Waals surface area (Å²) in [5.41, 5.74) is -0.370. The van der Waals surface area contributed by atoms with E-state index in [1.165, 1.54) is 6.26 Å². The second-order valence-electron chi connectivity index (χ2n) is 4.43. The number of benzene rings is 1. The molecule has 0 saturated carbocycles. The number of ether oxygens (including phenoxy) is 2. The third kappa shape index (κ3) is 4.54. The number of nitro groups is 1. The molecule has 7 nitrogen and oxygen atoms in total. The Balaban J connectivity index is 1.81. The fourth-order valence-electron chi connectivity index (χ4n) is 1.68. The van der Waals surface area contributed by atoms with Gasteiger partial charge < -0.3 is 19.0 Å². The Morgan fingerprint density at radius 1 is 1.36 bits per heavy atom. The Kier molecular flexibility index (Phi) is 5.45. The van der Waals surface area contributed by atoms with Crippen LogP contribution in [-0.4, -0.2) is 29.3 Å². The normalized spacial score (nSPS) is 12.1. The number of rotatable bonds is 8. The summed E-state index contributed by atoms with van der Waals surface area (Å²) in [4.78, 5) is 10.1. The average Bonchev–Trinajstić information content (AvgIpc) is 2.98. The second kappa shape index (κ2) is 7.53. The fraction of sp³-hybridized carbons (Fsp3) is 0.286. The first-order chi connectivity index (χ1) is 10.6. The molecule has 0 fully saturated rings. The Labute approximate surface area is 125 Å². The standard InChI is InChI=1S/C14H14FNO6/c15-10-3-4-13(16(18)19)14(6-10)22-8-11(17)7-20-9-12-2-1-5-21-12/h1-6,11,17H,7-9H2. The first-order valence-electron chi connectivity index (χ1n) is 6.41. The van der Waals surface area contributed by atoms with Crippen LogP contribution in [0.1, 0.15) is 5.76 Å². The van der Waals surface area contributed by atoms with Crippen LogP contribution in [-0.2, 0) is 11.3 Å². The summed E-state index contributed by atoms with van der Waals surface area (Å²) >= 11 is 0. The zero-order valence-electron chi connectivity index (χ0n) is 11.5. The molecular formula is C14H14FNO6. The van der Waals surface area contributed by atoms with Crippen molar-refractivity contribution in [2.45, 2.75) is 12.7 Å². The van der Waals surface area contributed by atoms with E-state index >= 15 is 0 Å². The molecule has 0 aliphatic heterocycles. The maximum Gasteiger partial charge on any atom is 0.311 e. The van der Waals surface area contributed by atoms with Crippen LogP contribution in [0.5, 0.6) is 5.75 Å². The van der Waals surface area contributed by atoms with Gasteiger partial charge in [0.15, 0.2) is 5.75 Å². The van der Waals surface area contributed by atoms with E-state index in [1.807, 2.05) is 0 Å². The van der Waals surface area contributed by atoms with Crippen molar-refractivity contribution in [3.05, 3.63) is 58.3 Å². The van der Waals surface area contributed by atoms with E-state index in [0.29, 0.717) is 5.76 Å². The molecular weight excluding hydrogens is 297 g/mol. The maximum absolute atomic E-state index is 13.1. The molecule has 8 heteroatoms. The van der Waals surface area contributed by atoms with Crippen molar-refractivity contribution in [3.8, 4) is 5.75 Å². The van der Waals surface area contributed by atoms with Crippen molar-refractivity contribution in [2.75, 3.05) is 13.2 Å². The van der Waals surface area contributed by atoms with Gasteiger partial charge in [0.2, 0.25) is 0 Å². The molecule has 2 aromatic rings. The van der Waals surface area contributed by atoms with Gasteiger partial charge in [0.1, 0.15) is 30.9 Å². The smallest absolute Gasteiger partial charge is 0.311 e. The van der Waals surface area contributed by atoms with Gasteiger partial charge in [-0.3, -0.25) is 10.1 Å². The third-order valence-electron chi connectivity index (χ3n) is 2.68. The van der Waals surface area contributed by atoms with Gasteiger partial charge in [-0.1, -0.05) is 0 Å². The number of halogens is 1. The van der Waals surface area contributed by atoms with Gasteiger partial charge in [-0.2, -0.15) is 0 Å². The van der Waals surface area contributed by atoms with E-state index in [0.717, 1.165) is 18.2 Å². The molecule has 118 valence electrons. The Hall–Kier alpha value is -2.45. The molecule has 0 radical (unpaired) electrons. The van der Waals surface area contributed by atoms with E-state index < -0.39 is 16.8 Å². The summed E-state index contributed by atoms with van der Waals surface area (Å²) in [6, 6.07) is 6.30.